The van der Waals surface area contributed by atoms with Crippen LogP contribution >= 0.6 is 11.6 Å². The molecule has 1 atom stereocenters. The SMILES string of the molecule is COCCNC(=O)C(C)Oc1cccc(Cl)c1C=O. The summed E-state index contributed by atoms with van der Waals surface area (Å²) in [4.78, 5) is 22.6. The third-order valence-electron chi connectivity index (χ3n) is 2.41. The summed E-state index contributed by atoms with van der Waals surface area (Å²) in [6, 6.07) is 4.83. The van der Waals surface area contributed by atoms with E-state index >= 15 is 0 Å². The molecule has 0 spiro atoms. The summed E-state index contributed by atoms with van der Waals surface area (Å²) in [5, 5.41) is 2.94. The highest BCUT2D eigenvalue weighted by Crippen LogP contribution is 2.25. The molecule has 6 heteroatoms. The molecule has 1 amide bonds. The highest BCUT2D eigenvalue weighted by molar-refractivity contribution is 6.33. The van der Waals surface area contributed by atoms with Crippen molar-refractivity contribution in [3.63, 3.8) is 0 Å². The van der Waals surface area contributed by atoms with Crippen LogP contribution in [0.25, 0.3) is 0 Å². The Balaban J connectivity index is 2.66. The van der Waals surface area contributed by atoms with Crippen LogP contribution in [0.5, 0.6) is 5.75 Å². The van der Waals surface area contributed by atoms with Crippen molar-refractivity contribution in [2.45, 2.75) is 13.0 Å². The standard InChI is InChI=1S/C13H16ClNO4/c1-9(13(17)15-6-7-18-2)19-12-5-3-4-11(14)10(12)8-16/h3-5,8-9H,6-7H2,1-2H3,(H,15,17). The second-order valence-electron chi connectivity index (χ2n) is 3.81. The number of aldehydes is 1. The van der Waals surface area contributed by atoms with Gasteiger partial charge in [0, 0.05) is 13.7 Å². The molecule has 5 nitrogen and oxygen atoms in total. The van der Waals surface area contributed by atoms with Gasteiger partial charge in [-0.25, -0.2) is 0 Å². The van der Waals surface area contributed by atoms with Gasteiger partial charge in [-0.05, 0) is 19.1 Å². The molecule has 1 aromatic rings. The van der Waals surface area contributed by atoms with Gasteiger partial charge < -0.3 is 14.8 Å². The van der Waals surface area contributed by atoms with Crippen molar-refractivity contribution < 1.29 is 19.1 Å². The summed E-state index contributed by atoms with van der Waals surface area (Å²) >= 11 is 5.87. The topological polar surface area (TPSA) is 64.6 Å². The van der Waals surface area contributed by atoms with Gasteiger partial charge in [-0.2, -0.15) is 0 Å². The van der Waals surface area contributed by atoms with E-state index in [4.69, 9.17) is 21.1 Å². The molecule has 0 fully saturated rings. The zero-order valence-corrected chi connectivity index (χ0v) is 11.6. The molecule has 1 rings (SSSR count). The quantitative estimate of drug-likeness (QED) is 0.611. The smallest absolute Gasteiger partial charge is 0.260 e. The van der Waals surface area contributed by atoms with E-state index in [1.165, 1.54) is 0 Å². The van der Waals surface area contributed by atoms with Gasteiger partial charge in [0.15, 0.2) is 12.4 Å². The normalized spacial score (nSPS) is 11.7. The number of rotatable bonds is 7. The Morgan fingerprint density at radius 3 is 2.89 bits per heavy atom. The number of benzene rings is 1. The lowest BCUT2D eigenvalue weighted by Crippen LogP contribution is -2.38. The number of methoxy groups -OCH3 is 1. The number of carbonyl (C=O) groups excluding carboxylic acids is 2. The highest BCUT2D eigenvalue weighted by atomic mass is 35.5. The number of hydrogen-bond donors (Lipinski definition) is 1. The van der Waals surface area contributed by atoms with Crippen LogP contribution in [-0.4, -0.2) is 38.6 Å². The molecule has 0 aliphatic carbocycles. The van der Waals surface area contributed by atoms with E-state index in [9.17, 15) is 9.59 Å². The van der Waals surface area contributed by atoms with Crippen LogP contribution in [0.1, 0.15) is 17.3 Å². The molecular weight excluding hydrogens is 270 g/mol. The van der Waals surface area contributed by atoms with Gasteiger partial charge in [-0.15, -0.1) is 0 Å². The largest absolute Gasteiger partial charge is 0.480 e. The van der Waals surface area contributed by atoms with E-state index in [-0.39, 0.29) is 17.2 Å². The van der Waals surface area contributed by atoms with Gasteiger partial charge >= 0.3 is 0 Å². The molecule has 1 N–H and O–H groups in total. The summed E-state index contributed by atoms with van der Waals surface area (Å²) in [5.74, 6) is 0.00534. The highest BCUT2D eigenvalue weighted by Gasteiger charge is 2.16. The minimum atomic E-state index is -0.728. The van der Waals surface area contributed by atoms with Gasteiger partial charge in [0.2, 0.25) is 0 Å². The molecule has 0 saturated carbocycles. The lowest BCUT2D eigenvalue weighted by atomic mass is 10.2. The fourth-order valence-electron chi connectivity index (χ4n) is 1.40. The van der Waals surface area contributed by atoms with E-state index in [0.29, 0.717) is 24.5 Å². The molecule has 0 radical (unpaired) electrons. The van der Waals surface area contributed by atoms with Gasteiger partial charge in [0.25, 0.3) is 5.91 Å². The number of carbonyl (C=O) groups is 2. The zero-order valence-electron chi connectivity index (χ0n) is 10.8. The van der Waals surface area contributed by atoms with Gasteiger partial charge in [0.05, 0.1) is 17.2 Å². The Kier molecular flexibility index (Phi) is 6.32. The first-order valence-corrected chi connectivity index (χ1v) is 6.15. The van der Waals surface area contributed by atoms with Crippen molar-refractivity contribution in [1.82, 2.24) is 5.32 Å². The fraction of sp³-hybridized carbons (Fsp3) is 0.385. The second kappa shape index (κ2) is 7.76. The Labute approximate surface area is 116 Å². The maximum atomic E-state index is 11.7. The summed E-state index contributed by atoms with van der Waals surface area (Å²) in [5.41, 5.74) is 0.237. The lowest BCUT2D eigenvalue weighted by Gasteiger charge is -2.16. The number of ether oxygens (including phenoxy) is 2. The predicted molar refractivity (Wildman–Crippen MR) is 71.8 cm³/mol. The molecule has 104 valence electrons. The second-order valence-corrected chi connectivity index (χ2v) is 4.22. The predicted octanol–water partition coefficient (Wildman–Crippen LogP) is 1.68. The molecule has 0 aliphatic heterocycles. The summed E-state index contributed by atoms with van der Waals surface area (Å²) in [6.45, 7) is 2.42. The Bertz CT molecular complexity index is 450. The number of amides is 1. The average molecular weight is 286 g/mol. The van der Waals surface area contributed by atoms with Crippen LogP contribution in [0.2, 0.25) is 5.02 Å². The van der Waals surface area contributed by atoms with E-state index in [1.807, 2.05) is 0 Å². The lowest BCUT2D eigenvalue weighted by molar-refractivity contribution is -0.127. The first kappa shape index (κ1) is 15.5. The van der Waals surface area contributed by atoms with Gasteiger partial charge in [-0.1, -0.05) is 17.7 Å². The molecule has 19 heavy (non-hydrogen) atoms. The molecule has 0 heterocycles. The Hall–Kier alpha value is -1.59. The average Bonchev–Trinajstić information content (AvgIpc) is 2.39. The van der Waals surface area contributed by atoms with Crippen molar-refractivity contribution in [3.05, 3.63) is 28.8 Å². The first-order chi connectivity index (χ1) is 9.10. The van der Waals surface area contributed by atoms with Crippen molar-refractivity contribution >= 4 is 23.8 Å². The number of nitrogens with one attached hydrogen (secondary N) is 1. The minimum Gasteiger partial charge on any atom is -0.480 e. The van der Waals surface area contributed by atoms with Crippen LogP contribution < -0.4 is 10.1 Å². The molecule has 0 saturated heterocycles. The van der Waals surface area contributed by atoms with Gasteiger partial charge in [0.1, 0.15) is 5.75 Å². The Morgan fingerprint density at radius 1 is 1.53 bits per heavy atom. The summed E-state index contributed by atoms with van der Waals surface area (Å²) < 4.78 is 10.3. The summed E-state index contributed by atoms with van der Waals surface area (Å²) in [7, 11) is 1.55. The minimum absolute atomic E-state index is 0.237. The Morgan fingerprint density at radius 2 is 2.26 bits per heavy atom. The van der Waals surface area contributed by atoms with E-state index in [0.717, 1.165) is 0 Å². The van der Waals surface area contributed by atoms with Crippen LogP contribution in [0, 0.1) is 0 Å². The van der Waals surface area contributed by atoms with Crippen molar-refractivity contribution in [1.29, 1.82) is 0 Å². The van der Waals surface area contributed by atoms with E-state index in [2.05, 4.69) is 5.32 Å². The van der Waals surface area contributed by atoms with Gasteiger partial charge in [-0.3, -0.25) is 9.59 Å². The third kappa shape index (κ3) is 4.54. The number of hydrogen-bond acceptors (Lipinski definition) is 4. The van der Waals surface area contributed by atoms with Crippen molar-refractivity contribution in [2.75, 3.05) is 20.3 Å². The van der Waals surface area contributed by atoms with Crippen LogP contribution in [0.15, 0.2) is 18.2 Å². The first-order valence-electron chi connectivity index (χ1n) is 5.77. The van der Waals surface area contributed by atoms with Crippen LogP contribution in [0.3, 0.4) is 0 Å². The molecule has 1 unspecified atom stereocenters. The zero-order chi connectivity index (χ0) is 14.3. The maximum absolute atomic E-state index is 11.7. The van der Waals surface area contributed by atoms with E-state index < -0.39 is 6.10 Å². The molecule has 1 aromatic carbocycles. The molecule has 0 bridgehead atoms. The van der Waals surface area contributed by atoms with Crippen LogP contribution in [0.4, 0.5) is 0 Å². The van der Waals surface area contributed by atoms with E-state index in [1.54, 1.807) is 32.2 Å². The number of halogens is 1. The van der Waals surface area contributed by atoms with Crippen molar-refractivity contribution in [3.8, 4) is 5.75 Å². The third-order valence-corrected chi connectivity index (χ3v) is 2.74. The fourth-order valence-corrected chi connectivity index (χ4v) is 1.61. The molecule has 0 aliphatic rings. The molecule has 0 aromatic heterocycles. The molecular formula is C13H16ClNO4. The van der Waals surface area contributed by atoms with Crippen LogP contribution in [-0.2, 0) is 9.53 Å². The summed E-state index contributed by atoms with van der Waals surface area (Å²) in [6.07, 6.45) is -0.123. The maximum Gasteiger partial charge on any atom is 0.260 e. The van der Waals surface area contributed by atoms with Crippen molar-refractivity contribution in [2.24, 2.45) is 0 Å². The monoisotopic (exact) mass is 285 g/mol.